The number of furan rings is 1. The van der Waals surface area contributed by atoms with E-state index in [1.54, 1.807) is 12.5 Å². The minimum atomic E-state index is -0.368. The minimum Gasteiger partial charge on any atom is -0.472 e. The third kappa shape index (κ3) is 1.80. The lowest BCUT2D eigenvalue weighted by molar-refractivity contribution is -0.355. The molecule has 2 unspecified atom stereocenters. The predicted molar refractivity (Wildman–Crippen MR) is 92.2 cm³/mol. The molecule has 0 N–H and O–H groups in total. The minimum absolute atomic E-state index is 0.0283. The Morgan fingerprint density at radius 3 is 2.78 bits per heavy atom. The standard InChI is InChI=1S/C21H26O6/c1-11-5-7-20-15-4-3-13(16(20)17(22)23-2)25-18(20)27-19-21(11,15)9-14(26-19)12-6-8-24-10-12/h6,8,10-11,13-16,18-19H,3-5,7,9H2,1-2H3/t11-,13-,14+,15+,16?,18?,19-,20+,21-/m1/s1. The fourth-order valence-corrected chi connectivity index (χ4v) is 7.43. The quantitative estimate of drug-likeness (QED) is 0.739. The lowest BCUT2D eigenvalue weighted by atomic mass is 9.42. The molecule has 2 saturated carbocycles. The molecule has 3 aliphatic heterocycles. The van der Waals surface area contributed by atoms with Gasteiger partial charge in [0.1, 0.15) is 0 Å². The Bertz CT molecular complexity index is 761. The summed E-state index contributed by atoms with van der Waals surface area (Å²) in [6.07, 6.45) is 7.60. The van der Waals surface area contributed by atoms with Gasteiger partial charge in [-0.1, -0.05) is 6.92 Å². The molecule has 1 aromatic rings. The zero-order valence-corrected chi connectivity index (χ0v) is 15.8. The van der Waals surface area contributed by atoms with Crippen LogP contribution < -0.4 is 0 Å². The van der Waals surface area contributed by atoms with Crippen LogP contribution in [0.4, 0.5) is 0 Å². The van der Waals surface area contributed by atoms with Crippen molar-refractivity contribution in [3.63, 3.8) is 0 Å². The summed E-state index contributed by atoms with van der Waals surface area (Å²) in [5.41, 5.74) is 0.716. The molecule has 6 heteroatoms. The molecule has 3 bridgehead atoms. The van der Waals surface area contributed by atoms with Crippen LogP contribution in [0.2, 0.25) is 0 Å². The van der Waals surface area contributed by atoms with Gasteiger partial charge in [0.2, 0.25) is 0 Å². The summed E-state index contributed by atoms with van der Waals surface area (Å²) in [6, 6.07) is 1.98. The second kappa shape index (κ2) is 5.37. The van der Waals surface area contributed by atoms with Crippen molar-refractivity contribution >= 4 is 5.97 Å². The number of esters is 1. The van der Waals surface area contributed by atoms with Crippen molar-refractivity contribution in [2.24, 2.45) is 28.6 Å². The molecule has 5 aliphatic rings. The third-order valence-electron chi connectivity index (χ3n) is 8.54. The fraction of sp³-hybridized carbons (Fsp3) is 0.762. The van der Waals surface area contributed by atoms with Gasteiger partial charge in [0.15, 0.2) is 12.6 Å². The van der Waals surface area contributed by atoms with E-state index in [2.05, 4.69) is 6.92 Å². The van der Waals surface area contributed by atoms with Crippen molar-refractivity contribution in [2.75, 3.05) is 7.11 Å². The van der Waals surface area contributed by atoms with Crippen LogP contribution in [0.25, 0.3) is 0 Å². The molecule has 9 atom stereocenters. The van der Waals surface area contributed by atoms with E-state index in [9.17, 15) is 4.79 Å². The Hall–Kier alpha value is -1.37. The van der Waals surface area contributed by atoms with Gasteiger partial charge in [0, 0.05) is 16.4 Å². The Morgan fingerprint density at radius 1 is 1.15 bits per heavy atom. The number of carbonyl (C=O) groups excluding carboxylic acids is 1. The van der Waals surface area contributed by atoms with Crippen LogP contribution in [0.1, 0.15) is 50.7 Å². The van der Waals surface area contributed by atoms with Crippen molar-refractivity contribution in [3.8, 4) is 0 Å². The number of carbonyl (C=O) groups is 1. The molecule has 6 rings (SSSR count). The summed E-state index contributed by atoms with van der Waals surface area (Å²) in [5.74, 6) is 0.484. The topological polar surface area (TPSA) is 67.1 Å². The first-order valence-corrected chi connectivity index (χ1v) is 10.2. The van der Waals surface area contributed by atoms with E-state index >= 15 is 0 Å². The highest BCUT2D eigenvalue weighted by Gasteiger charge is 2.78. The van der Waals surface area contributed by atoms with Crippen LogP contribution in [0.5, 0.6) is 0 Å². The van der Waals surface area contributed by atoms with E-state index in [1.165, 1.54) is 7.11 Å². The molecule has 146 valence electrons. The predicted octanol–water partition coefficient (Wildman–Crippen LogP) is 3.42. The lowest BCUT2D eigenvalue weighted by Gasteiger charge is -2.63. The van der Waals surface area contributed by atoms with Gasteiger partial charge in [0.25, 0.3) is 0 Å². The lowest BCUT2D eigenvalue weighted by Crippen LogP contribution is -2.66. The SMILES string of the molecule is COC(=O)C1[C@H]2CC[C@H]3[C@@]14CC[C@@H](C)[C@]31C[C@@H](c3ccoc3)O[C@@H]1OC4O2. The summed E-state index contributed by atoms with van der Waals surface area (Å²) in [4.78, 5) is 12.8. The van der Waals surface area contributed by atoms with E-state index in [4.69, 9.17) is 23.4 Å². The molecule has 6 nitrogen and oxygen atoms in total. The summed E-state index contributed by atoms with van der Waals surface area (Å²) in [5, 5.41) is 0. The van der Waals surface area contributed by atoms with Crippen molar-refractivity contribution in [1.82, 2.24) is 0 Å². The Balaban J connectivity index is 1.47. The number of methoxy groups -OCH3 is 1. The van der Waals surface area contributed by atoms with Gasteiger partial charge < -0.3 is 23.4 Å². The summed E-state index contributed by atoms with van der Waals surface area (Å²) in [7, 11) is 1.49. The molecular weight excluding hydrogens is 348 g/mol. The van der Waals surface area contributed by atoms with Crippen LogP contribution >= 0.6 is 0 Å². The van der Waals surface area contributed by atoms with Gasteiger partial charge in [-0.25, -0.2) is 0 Å². The van der Waals surface area contributed by atoms with Crippen molar-refractivity contribution < 1.29 is 28.2 Å². The van der Waals surface area contributed by atoms with Gasteiger partial charge in [-0.2, -0.15) is 0 Å². The van der Waals surface area contributed by atoms with Gasteiger partial charge in [-0.05, 0) is 50.0 Å². The molecule has 3 saturated heterocycles. The highest BCUT2D eigenvalue weighted by Crippen LogP contribution is 2.75. The van der Waals surface area contributed by atoms with Crippen LogP contribution in [-0.4, -0.2) is 31.8 Å². The average Bonchev–Trinajstić information content (AvgIpc) is 3.36. The van der Waals surface area contributed by atoms with Crippen molar-refractivity contribution in [2.45, 2.75) is 63.8 Å². The smallest absolute Gasteiger partial charge is 0.312 e. The Labute approximate surface area is 158 Å². The highest BCUT2D eigenvalue weighted by molar-refractivity contribution is 5.75. The second-order valence-corrected chi connectivity index (χ2v) is 9.16. The number of fused-ring (bicyclic) bond motifs is 1. The van der Waals surface area contributed by atoms with Crippen LogP contribution in [0.3, 0.4) is 0 Å². The summed E-state index contributed by atoms with van der Waals surface area (Å²) < 4.78 is 29.8. The highest BCUT2D eigenvalue weighted by atomic mass is 16.8. The molecule has 4 heterocycles. The number of hydrogen-bond donors (Lipinski definition) is 0. The maximum absolute atomic E-state index is 12.8. The summed E-state index contributed by atoms with van der Waals surface area (Å²) in [6.45, 7) is 2.33. The molecular formula is C21H26O6. The van der Waals surface area contributed by atoms with Gasteiger partial charge in [-0.15, -0.1) is 0 Å². The Kier molecular flexibility index (Phi) is 3.29. The van der Waals surface area contributed by atoms with Gasteiger partial charge in [-0.3, -0.25) is 4.79 Å². The first-order valence-electron chi connectivity index (χ1n) is 10.2. The third-order valence-corrected chi connectivity index (χ3v) is 8.54. The molecule has 5 fully saturated rings. The largest absolute Gasteiger partial charge is 0.472 e. The first kappa shape index (κ1) is 16.6. The second-order valence-electron chi connectivity index (χ2n) is 9.16. The van der Waals surface area contributed by atoms with Crippen molar-refractivity contribution in [3.05, 3.63) is 24.2 Å². The maximum Gasteiger partial charge on any atom is 0.312 e. The monoisotopic (exact) mass is 374 g/mol. The maximum atomic E-state index is 12.8. The van der Waals surface area contributed by atoms with Crippen molar-refractivity contribution in [1.29, 1.82) is 0 Å². The zero-order valence-electron chi connectivity index (χ0n) is 15.8. The average molecular weight is 374 g/mol. The van der Waals surface area contributed by atoms with Gasteiger partial charge in [0.05, 0.1) is 37.8 Å². The van der Waals surface area contributed by atoms with E-state index in [0.29, 0.717) is 11.8 Å². The van der Waals surface area contributed by atoms with Crippen LogP contribution in [0.15, 0.2) is 23.0 Å². The van der Waals surface area contributed by atoms with E-state index in [1.807, 2.05) is 6.07 Å². The molecule has 0 aromatic carbocycles. The molecule has 27 heavy (non-hydrogen) atoms. The van der Waals surface area contributed by atoms with Crippen LogP contribution in [-0.2, 0) is 23.7 Å². The number of hydrogen-bond acceptors (Lipinski definition) is 6. The Morgan fingerprint density at radius 2 is 2.00 bits per heavy atom. The van der Waals surface area contributed by atoms with Gasteiger partial charge >= 0.3 is 5.97 Å². The van der Waals surface area contributed by atoms with E-state index in [0.717, 1.165) is 37.7 Å². The number of ether oxygens (including phenoxy) is 4. The zero-order chi connectivity index (χ0) is 18.4. The molecule has 2 spiro atoms. The van der Waals surface area contributed by atoms with E-state index in [-0.39, 0.29) is 47.5 Å². The first-order chi connectivity index (χ1) is 13.1. The number of rotatable bonds is 2. The molecule has 2 aliphatic carbocycles. The summed E-state index contributed by atoms with van der Waals surface area (Å²) >= 11 is 0. The normalized spacial score (nSPS) is 52.4. The van der Waals surface area contributed by atoms with E-state index < -0.39 is 0 Å². The van der Waals surface area contributed by atoms with Crippen LogP contribution in [0, 0.1) is 28.6 Å². The molecule has 1 aromatic heterocycles. The molecule has 0 radical (unpaired) electrons. The molecule has 0 amide bonds. The fourth-order valence-electron chi connectivity index (χ4n) is 7.43.